The number of aliphatic hydroxyl groups excluding tert-OH is 1. The van der Waals surface area contributed by atoms with Gasteiger partial charge in [0.15, 0.2) is 5.16 Å². The molecule has 0 aromatic carbocycles. The summed E-state index contributed by atoms with van der Waals surface area (Å²) in [5.74, 6) is 0. The highest BCUT2D eigenvalue weighted by Gasteiger charge is 2.00. The van der Waals surface area contributed by atoms with Crippen molar-refractivity contribution in [3.8, 4) is 0 Å². The number of hydrogen-bond donors (Lipinski definition) is 2. The van der Waals surface area contributed by atoms with Crippen molar-refractivity contribution in [1.82, 2.24) is 15.0 Å². The number of nitrogens with zero attached hydrogens (tertiary/aromatic N) is 2. The fourth-order valence-corrected chi connectivity index (χ4v) is 1.77. The van der Waals surface area contributed by atoms with E-state index in [1.54, 1.807) is 18.3 Å². The number of nitrogens with one attached hydrogen (secondary N) is 1. The van der Waals surface area contributed by atoms with Gasteiger partial charge in [-0.1, -0.05) is 6.07 Å². The normalized spacial score (nSPS) is 10.3. The predicted molar refractivity (Wildman–Crippen MR) is 59.1 cm³/mol. The summed E-state index contributed by atoms with van der Waals surface area (Å²) in [4.78, 5) is 21.7. The van der Waals surface area contributed by atoms with Crippen molar-refractivity contribution in [3.05, 3.63) is 46.5 Å². The Labute approximate surface area is 95.6 Å². The number of aromatic nitrogens is 3. The summed E-state index contributed by atoms with van der Waals surface area (Å²) >= 11 is 1.26. The molecule has 0 saturated heterocycles. The topological polar surface area (TPSA) is 78.9 Å². The van der Waals surface area contributed by atoms with E-state index in [0.717, 1.165) is 5.56 Å². The van der Waals surface area contributed by atoms with Crippen LogP contribution >= 0.6 is 11.8 Å². The third-order valence-corrected chi connectivity index (χ3v) is 2.68. The lowest BCUT2D eigenvalue weighted by Crippen LogP contribution is -2.05. The fourth-order valence-electron chi connectivity index (χ4n) is 1.07. The first kappa shape index (κ1) is 10.8. The quantitative estimate of drug-likeness (QED) is 0.770. The number of pyridine rings is 1. The van der Waals surface area contributed by atoms with Gasteiger partial charge in [0.1, 0.15) is 5.03 Å². The van der Waals surface area contributed by atoms with Crippen molar-refractivity contribution in [2.24, 2.45) is 0 Å². The van der Waals surface area contributed by atoms with E-state index in [-0.39, 0.29) is 12.2 Å². The molecule has 0 spiro atoms. The third-order valence-electron chi connectivity index (χ3n) is 1.83. The molecule has 0 fully saturated rings. The Kier molecular flexibility index (Phi) is 3.33. The Bertz CT molecular complexity index is 524. The Morgan fingerprint density at radius 1 is 1.31 bits per heavy atom. The van der Waals surface area contributed by atoms with Crippen LogP contribution in [0.15, 0.2) is 45.6 Å². The highest BCUT2D eigenvalue weighted by atomic mass is 32.2. The van der Waals surface area contributed by atoms with Gasteiger partial charge in [0, 0.05) is 18.5 Å². The SMILES string of the molecule is O=c1ccnc(Sc2ccc(CO)cn2)[nH]1. The molecule has 0 radical (unpaired) electrons. The summed E-state index contributed by atoms with van der Waals surface area (Å²) < 4.78 is 0. The first-order valence-corrected chi connectivity index (χ1v) is 5.38. The molecule has 0 amide bonds. The van der Waals surface area contributed by atoms with Gasteiger partial charge in [-0.05, 0) is 23.4 Å². The molecule has 0 bridgehead atoms. The van der Waals surface area contributed by atoms with E-state index in [2.05, 4.69) is 15.0 Å². The monoisotopic (exact) mass is 235 g/mol. The van der Waals surface area contributed by atoms with Crippen LogP contribution in [0.25, 0.3) is 0 Å². The first-order valence-electron chi connectivity index (χ1n) is 4.57. The van der Waals surface area contributed by atoms with E-state index < -0.39 is 0 Å². The molecular weight excluding hydrogens is 226 g/mol. The van der Waals surface area contributed by atoms with Crippen LogP contribution in [0.3, 0.4) is 0 Å². The maximum atomic E-state index is 11.0. The summed E-state index contributed by atoms with van der Waals surface area (Å²) in [5.41, 5.74) is 0.559. The summed E-state index contributed by atoms with van der Waals surface area (Å²) in [6.45, 7) is -0.0294. The Hall–Kier alpha value is -1.66. The van der Waals surface area contributed by atoms with E-state index in [0.29, 0.717) is 10.2 Å². The molecule has 0 saturated carbocycles. The molecule has 2 aromatic rings. The second-order valence-electron chi connectivity index (χ2n) is 3.00. The Morgan fingerprint density at radius 2 is 2.19 bits per heavy atom. The second-order valence-corrected chi connectivity index (χ2v) is 4.01. The molecule has 82 valence electrons. The average Bonchev–Trinajstić information content (AvgIpc) is 2.30. The zero-order valence-electron chi connectivity index (χ0n) is 8.25. The van der Waals surface area contributed by atoms with Crippen LogP contribution in [-0.4, -0.2) is 20.1 Å². The standard InChI is InChI=1S/C10H9N3O2S/c14-6-7-1-2-9(12-5-7)16-10-11-4-3-8(15)13-10/h1-5,14H,6H2,(H,11,13,15). The van der Waals surface area contributed by atoms with Crippen LogP contribution in [-0.2, 0) is 6.61 Å². The van der Waals surface area contributed by atoms with Gasteiger partial charge in [-0.15, -0.1) is 0 Å². The van der Waals surface area contributed by atoms with Crippen molar-refractivity contribution >= 4 is 11.8 Å². The van der Waals surface area contributed by atoms with Crippen LogP contribution < -0.4 is 5.56 Å². The number of aromatic amines is 1. The smallest absolute Gasteiger partial charge is 0.251 e. The van der Waals surface area contributed by atoms with Gasteiger partial charge < -0.3 is 10.1 Å². The Morgan fingerprint density at radius 3 is 2.81 bits per heavy atom. The molecule has 0 atom stereocenters. The van der Waals surface area contributed by atoms with Crippen LogP contribution in [0.5, 0.6) is 0 Å². The van der Waals surface area contributed by atoms with Crippen LogP contribution in [0.1, 0.15) is 5.56 Å². The summed E-state index contributed by atoms with van der Waals surface area (Å²) in [7, 11) is 0. The van der Waals surface area contributed by atoms with Gasteiger partial charge in [-0.2, -0.15) is 0 Å². The van der Waals surface area contributed by atoms with Gasteiger partial charge in [-0.3, -0.25) is 4.79 Å². The van der Waals surface area contributed by atoms with E-state index in [1.165, 1.54) is 24.0 Å². The van der Waals surface area contributed by atoms with E-state index in [4.69, 9.17) is 5.11 Å². The molecule has 0 aliphatic heterocycles. The van der Waals surface area contributed by atoms with Crippen molar-refractivity contribution < 1.29 is 5.11 Å². The minimum atomic E-state index is -0.190. The molecule has 0 aliphatic carbocycles. The minimum absolute atomic E-state index is 0.0294. The van der Waals surface area contributed by atoms with Crippen molar-refractivity contribution in [1.29, 1.82) is 0 Å². The number of H-pyrrole nitrogens is 1. The largest absolute Gasteiger partial charge is 0.392 e. The number of hydrogen-bond acceptors (Lipinski definition) is 5. The lowest BCUT2D eigenvalue weighted by Gasteiger charge is -2.00. The summed E-state index contributed by atoms with van der Waals surface area (Å²) in [5, 5.41) is 10.1. The fraction of sp³-hybridized carbons (Fsp3) is 0.100. The molecule has 6 heteroatoms. The van der Waals surface area contributed by atoms with Crippen molar-refractivity contribution in [3.63, 3.8) is 0 Å². The van der Waals surface area contributed by atoms with Crippen LogP contribution in [0, 0.1) is 0 Å². The molecule has 2 N–H and O–H groups in total. The third kappa shape index (κ3) is 2.68. The van der Waals surface area contributed by atoms with E-state index in [1.807, 2.05) is 0 Å². The second kappa shape index (κ2) is 4.91. The van der Waals surface area contributed by atoms with Crippen LogP contribution in [0.4, 0.5) is 0 Å². The maximum absolute atomic E-state index is 11.0. The minimum Gasteiger partial charge on any atom is -0.392 e. The van der Waals surface area contributed by atoms with Gasteiger partial charge >= 0.3 is 0 Å². The van der Waals surface area contributed by atoms with Gasteiger partial charge in [0.05, 0.1) is 6.61 Å². The summed E-state index contributed by atoms with van der Waals surface area (Å²) in [6, 6.07) is 4.89. The van der Waals surface area contributed by atoms with Gasteiger partial charge in [0.2, 0.25) is 0 Å². The average molecular weight is 235 g/mol. The predicted octanol–water partition coefficient (Wildman–Crippen LogP) is 0.808. The molecule has 2 aromatic heterocycles. The number of aliphatic hydroxyl groups is 1. The van der Waals surface area contributed by atoms with E-state index >= 15 is 0 Å². The molecular formula is C10H9N3O2S. The lowest BCUT2D eigenvalue weighted by atomic mass is 10.3. The molecule has 2 rings (SSSR count). The zero-order valence-corrected chi connectivity index (χ0v) is 9.07. The highest BCUT2D eigenvalue weighted by Crippen LogP contribution is 2.20. The molecule has 0 aliphatic rings. The Balaban J connectivity index is 2.17. The molecule has 16 heavy (non-hydrogen) atoms. The molecule has 0 unspecified atom stereocenters. The number of rotatable bonds is 3. The van der Waals surface area contributed by atoms with E-state index in [9.17, 15) is 4.79 Å². The van der Waals surface area contributed by atoms with Crippen molar-refractivity contribution in [2.45, 2.75) is 16.8 Å². The lowest BCUT2D eigenvalue weighted by molar-refractivity contribution is 0.281. The van der Waals surface area contributed by atoms with Gasteiger partial charge in [0.25, 0.3) is 5.56 Å². The van der Waals surface area contributed by atoms with Crippen molar-refractivity contribution in [2.75, 3.05) is 0 Å². The maximum Gasteiger partial charge on any atom is 0.251 e. The molecule has 2 heterocycles. The zero-order chi connectivity index (χ0) is 11.4. The van der Waals surface area contributed by atoms with Crippen LogP contribution in [0.2, 0.25) is 0 Å². The summed E-state index contributed by atoms with van der Waals surface area (Å²) in [6.07, 6.45) is 3.03. The first-order chi connectivity index (χ1) is 7.78. The van der Waals surface area contributed by atoms with Gasteiger partial charge in [-0.25, -0.2) is 9.97 Å². The molecule has 5 nitrogen and oxygen atoms in total. The highest BCUT2D eigenvalue weighted by molar-refractivity contribution is 7.99.